The van der Waals surface area contributed by atoms with Crippen LogP contribution in [0.1, 0.15) is 17.0 Å². The fraction of sp³-hybridized carbons (Fsp3) is 0.333. The van der Waals surface area contributed by atoms with Crippen molar-refractivity contribution in [3.8, 4) is 5.82 Å². The third kappa shape index (κ3) is 4.40. The molecule has 0 unspecified atom stereocenters. The van der Waals surface area contributed by atoms with E-state index in [-0.39, 0.29) is 11.8 Å². The number of carbonyl (C=O) groups is 1. The van der Waals surface area contributed by atoms with Crippen molar-refractivity contribution in [2.24, 2.45) is 5.92 Å². The quantitative estimate of drug-likeness (QED) is 0.676. The lowest BCUT2D eigenvalue weighted by atomic mass is 9.99. The lowest BCUT2D eigenvalue weighted by Crippen LogP contribution is -2.54. The Balaban J connectivity index is 1.29. The van der Waals surface area contributed by atoms with E-state index in [0.29, 0.717) is 19.6 Å². The second-order valence-electron chi connectivity index (χ2n) is 7.34. The number of hydrogen-bond acceptors (Lipinski definition) is 5. The summed E-state index contributed by atoms with van der Waals surface area (Å²) in [5.41, 5.74) is 3.12. The molecule has 4 rings (SSSR count). The first kappa shape index (κ1) is 19.4. The highest BCUT2D eigenvalue weighted by atomic mass is 35.5. The molecule has 8 heteroatoms. The molecule has 1 N–H and O–H groups in total. The number of nitrogens with one attached hydrogen (secondary N) is 1. The summed E-state index contributed by atoms with van der Waals surface area (Å²) in [4.78, 5) is 23.1. The molecular formula is C21H23ClN6O. The van der Waals surface area contributed by atoms with E-state index in [9.17, 15) is 4.79 Å². The van der Waals surface area contributed by atoms with Gasteiger partial charge in [-0.1, -0.05) is 23.7 Å². The van der Waals surface area contributed by atoms with E-state index in [2.05, 4.69) is 25.3 Å². The van der Waals surface area contributed by atoms with Crippen LogP contribution in [0.2, 0.25) is 5.02 Å². The summed E-state index contributed by atoms with van der Waals surface area (Å²) in [6.07, 6.45) is 2.33. The van der Waals surface area contributed by atoms with Crippen LogP contribution in [0.25, 0.3) is 5.82 Å². The van der Waals surface area contributed by atoms with E-state index in [1.54, 1.807) is 11.0 Å². The largest absolute Gasteiger partial charge is 0.355 e. The maximum absolute atomic E-state index is 12.4. The summed E-state index contributed by atoms with van der Waals surface area (Å²) in [6.45, 7) is 5.88. The third-order valence-electron chi connectivity index (χ3n) is 5.07. The summed E-state index contributed by atoms with van der Waals surface area (Å²) in [7, 11) is 0. The molecule has 1 aliphatic heterocycles. The molecule has 1 fully saturated rings. The van der Waals surface area contributed by atoms with E-state index < -0.39 is 0 Å². The monoisotopic (exact) mass is 410 g/mol. The fourth-order valence-corrected chi connectivity index (χ4v) is 3.57. The molecule has 3 aromatic rings. The van der Waals surface area contributed by atoms with Crippen LogP contribution in [0.4, 0.5) is 5.82 Å². The van der Waals surface area contributed by atoms with Crippen LogP contribution in [0.5, 0.6) is 0 Å². The molecule has 0 bridgehead atoms. The van der Waals surface area contributed by atoms with Crippen molar-refractivity contribution in [1.82, 2.24) is 25.1 Å². The minimum Gasteiger partial charge on any atom is -0.355 e. The van der Waals surface area contributed by atoms with E-state index in [0.717, 1.165) is 40.0 Å². The van der Waals surface area contributed by atoms with Gasteiger partial charge in [-0.2, -0.15) is 5.10 Å². The number of carbonyl (C=O) groups excluding carboxylic acids is 1. The lowest BCUT2D eigenvalue weighted by molar-refractivity contribution is -0.125. The molecule has 29 heavy (non-hydrogen) atoms. The van der Waals surface area contributed by atoms with Crippen LogP contribution in [0.15, 0.2) is 42.7 Å². The smallest absolute Gasteiger partial charge is 0.226 e. The number of anilines is 1. The summed E-state index contributed by atoms with van der Waals surface area (Å²) in [5.74, 6) is 1.61. The maximum Gasteiger partial charge on any atom is 0.226 e. The van der Waals surface area contributed by atoms with E-state index in [1.807, 2.05) is 50.2 Å². The number of halogens is 1. The molecule has 0 atom stereocenters. The Morgan fingerprint density at radius 3 is 2.55 bits per heavy atom. The number of aryl methyl sites for hydroxylation is 2. The molecule has 0 spiro atoms. The van der Waals surface area contributed by atoms with Crippen molar-refractivity contribution >= 4 is 23.3 Å². The zero-order valence-electron chi connectivity index (χ0n) is 16.5. The Bertz CT molecular complexity index is 1010. The number of hydrogen-bond donors (Lipinski definition) is 1. The van der Waals surface area contributed by atoms with Crippen LogP contribution in [-0.2, 0) is 11.2 Å². The standard InChI is InChI=1S/C21H23ClN6O/c1-14-9-15(2)28(26-14)20-10-19(24-13-25-20)27-11-17(12-27)21(29)23-8-7-16-3-5-18(22)6-4-16/h3-6,9-10,13,17H,7-8,11-12H2,1-2H3,(H,23,29). The van der Waals surface area contributed by atoms with Crippen LogP contribution in [-0.4, -0.2) is 45.3 Å². The second kappa shape index (κ2) is 8.21. The highest BCUT2D eigenvalue weighted by Gasteiger charge is 2.33. The lowest BCUT2D eigenvalue weighted by Gasteiger charge is -2.39. The van der Waals surface area contributed by atoms with Crippen LogP contribution >= 0.6 is 11.6 Å². The molecule has 1 aromatic carbocycles. The molecule has 1 saturated heterocycles. The number of aromatic nitrogens is 4. The van der Waals surface area contributed by atoms with Crippen LogP contribution in [0, 0.1) is 19.8 Å². The molecule has 1 aliphatic rings. The fourth-order valence-electron chi connectivity index (χ4n) is 3.44. The minimum absolute atomic E-state index is 0.0210. The molecule has 0 saturated carbocycles. The number of nitrogens with zero attached hydrogens (tertiary/aromatic N) is 5. The molecule has 1 amide bonds. The first-order chi connectivity index (χ1) is 14.0. The van der Waals surface area contributed by atoms with Gasteiger partial charge in [0.05, 0.1) is 11.6 Å². The van der Waals surface area contributed by atoms with Gasteiger partial charge >= 0.3 is 0 Å². The van der Waals surface area contributed by atoms with Gasteiger partial charge in [0.2, 0.25) is 5.91 Å². The minimum atomic E-state index is -0.0210. The highest BCUT2D eigenvalue weighted by Crippen LogP contribution is 2.24. The Labute approximate surface area is 174 Å². The van der Waals surface area contributed by atoms with Gasteiger partial charge in [0.15, 0.2) is 5.82 Å². The molecule has 3 heterocycles. The predicted octanol–water partition coefficient (Wildman–Crippen LogP) is 2.73. The van der Waals surface area contributed by atoms with Crippen LogP contribution < -0.4 is 10.2 Å². The zero-order chi connectivity index (χ0) is 20.4. The van der Waals surface area contributed by atoms with Crippen molar-refractivity contribution < 1.29 is 4.79 Å². The molecule has 0 radical (unpaired) electrons. The zero-order valence-corrected chi connectivity index (χ0v) is 17.2. The van der Waals surface area contributed by atoms with E-state index in [1.165, 1.54) is 0 Å². The first-order valence-electron chi connectivity index (χ1n) is 9.62. The predicted molar refractivity (Wildman–Crippen MR) is 112 cm³/mol. The summed E-state index contributed by atoms with van der Waals surface area (Å²) in [6, 6.07) is 11.6. The van der Waals surface area contributed by atoms with Crippen molar-refractivity contribution in [2.75, 3.05) is 24.5 Å². The SMILES string of the molecule is Cc1cc(C)n(-c2cc(N3CC(C(=O)NCCc4ccc(Cl)cc4)C3)ncn2)n1. The van der Waals surface area contributed by atoms with Crippen molar-refractivity contribution in [1.29, 1.82) is 0 Å². The Morgan fingerprint density at radius 2 is 1.86 bits per heavy atom. The average Bonchev–Trinajstić information content (AvgIpc) is 3.01. The topological polar surface area (TPSA) is 75.9 Å². The third-order valence-corrected chi connectivity index (χ3v) is 5.32. The molecule has 7 nitrogen and oxygen atoms in total. The number of benzene rings is 1. The van der Waals surface area contributed by atoms with Gasteiger partial charge in [0, 0.05) is 36.4 Å². The van der Waals surface area contributed by atoms with Gasteiger partial charge in [0.25, 0.3) is 0 Å². The number of rotatable bonds is 6. The Hall–Kier alpha value is -2.93. The highest BCUT2D eigenvalue weighted by molar-refractivity contribution is 6.30. The van der Waals surface area contributed by atoms with Crippen LogP contribution in [0.3, 0.4) is 0 Å². The maximum atomic E-state index is 12.4. The summed E-state index contributed by atoms with van der Waals surface area (Å²) < 4.78 is 1.81. The van der Waals surface area contributed by atoms with Gasteiger partial charge in [-0.05, 0) is 44.0 Å². The van der Waals surface area contributed by atoms with Crippen molar-refractivity contribution in [3.63, 3.8) is 0 Å². The molecule has 0 aliphatic carbocycles. The Kier molecular flexibility index (Phi) is 5.49. The average molecular weight is 411 g/mol. The second-order valence-corrected chi connectivity index (χ2v) is 7.78. The summed E-state index contributed by atoms with van der Waals surface area (Å²) >= 11 is 5.89. The molecule has 2 aromatic heterocycles. The summed E-state index contributed by atoms with van der Waals surface area (Å²) in [5, 5.41) is 8.21. The van der Waals surface area contributed by atoms with E-state index >= 15 is 0 Å². The Morgan fingerprint density at radius 1 is 1.14 bits per heavy atom. The van der Waals surface area contributed by atoms with Gasteiger partial charge in [-0.3, -0.25) is 4.79 Å². The van der Waals surface area contributed by atoms with Gasteiger partial charge in [-0.15, -0.1) is 0 Å². The van der Waals surface area contributed by atoms with E-state index in [4.69, 9.17) is 11.6 Å². The molecular weight excluding hydrogens is 388 g/mol. The van der Waals surface area contributed by atoms with Gasteiger partial charge < -0.3 is 10.2 Å². The normalized spacial score (nSPS) is 14.0. The number of amides is 1. The first-order valence-corrected chi connectivity index (χ1v) is 10.00. The van der Waals surface area contributed by atoms with Crippen molar-refractivity contribution in [2.45, 2.75) is 20.3 Å². The van der Waals surface area contributed by atoms with Gasteiger partial charge in [-0.25, -0.2) is 14.6 Å². The molecule has 150 valence electrons. The van der Waals surface area contributed by atoms with Crippen molar-refractivity contribution in [3.05, 3.63) is 64.7 Å². The van der Waals surface area contributed by atoms with Gasteiger partial charge in [0.1, 0.15) is 12.1 Å².